The van der Waals surface area contributed by atoms with Crippen molar-refractivity contribution in [2.75, 3.05) is 6.26 Å². The van der Waals surface area contributed by atoms with Gasteiger partial charge in [0.2, 0.25) is 33.4 Å². The third-order valence-electron chi connectivity index (χ3n) is 6.10. The number of nitrogens with zero attached hydrogens (tertiary/aromatic N) is 4. The summed E-state index contributed by atoms with van der Waals surface area (Å²) >= 11 is 0.931. The van der Waals surface area contributed by atoms with Gasteiger partial charge in [-0.15, -0.1) is 21.5 Å². The van der Waals surface area contributed by atoms with Crippen molar-refractivity contribution in [3.05, 3.63) is 94.7 Å². The fourth-order valence-electron chi connectivity index (χ4n) is 4.21. The van der Waals surface area contributed by atoms with Gasteiger partial charge in [0.25, 0.3) is 0 Å². The Morgan fingerprint density at radius 1 is 0.976 bits per heavy atom. The third kappa shape index (κ3) is 5.62. The molecule has 0 saturated heterocycles. The number of nitrogens with one attached hydrogen (secondary N) is 2. The summed E-state index contributed by atoms with van der Waals surface area (Å²) in [6.45, 7) is -0.335. The van der Waals surface area contributed by atoms with Gasteiger partial charge in [0, 0.05) is 18.0 Å². The first-order valence-electron chi connectivity index (χ1n) is 11.6. The molecule has 220 valence electrons. The lowest BCUT2D eigenvalue weighted by Gasteiger charge is -2.27. The van der Waals surface area contributed by atoms with E-state index in [1.807, 2.05) is 4.83 Å². The number of benzene rings is 2. The smallest absolute Gasteiger partial charge is 0.416 e. The number of aromatic nitrogens is 4. The third-order valence-corrected chi connectivity index (χ3v) is 9.43. The molecule has 0 aliphatic carbocycles. The molecule has 0 aliphatic rings. The van der Waals surface area contributed by atoms with Crippen molar-refractivity contribution >= 4 is 42.3 Å². The van der Waals surface area contributed by atoms with Crippen LogP contribution < -0.4 is 10.3 Å². The largest absolute Gasteiger partial charge is 0.421 e. The monoisotopic (exact) mass is 642 g/mol. The molecule has 2 aromatic carbocycles. The molecule has 0 radical (unpaired) electrons. The summed E-state index contributed by atoms with van der Waals surface area (Å²) < 4.78 is 106. The lowest BCUT2D eigenvalue weighted by molar-refractivity contribution is -0.137. The SMILES string of the molecule is CS(=O)(=O)C(c1ccc(C(F)(F)F)cc1)(c1nnc(CNN[SH](=O)=O)o1)c1nc2ccc(-c3ccc(F)nc3)cc2s1. The maximum atomic E-state index is 13.7. The highest BCUT2D eigenvalue weighted by Gasteiger charge is 2.54. The lowest BCUT2D eigenvalue weighted by atomic mass is 9.97. The van der Waals surface area contributed by atoms with Gasteiger partial charge >= 0.3 is 6.18 Å². The first kappa shape index (κ1) is 29.6. The molecule has 11 nitrogen and oxygen atoms in total. The Hall–Kier alpha value is -3.84. The Morgan fingerprint density at radius 3 is 2.29 bits per heavy atom. The average Bonchev–Trinajstić information content (AvgIpc) is 3.55. The second-order valence-corrected chi connectivity index (χ2v) is 12.7. The Kier molecular flexibility index (Phi) is 7.84. The van der Waals surface area contributed by atoms with Crippen LogP contribution in [0, 0.1) is 5.95 Å². The summed E-state index contributed by atoms with van der Waals surface area (Å²) in [4.78, 5) is 10.1. The molecule has 2 N–H and O–H groups in total. The maximum absolute atomic E-state index is 13.7. The van der Waals surface area contributed by atoms with Crippen molar-refractivity contribution < 1.29 is 38.8 Å². The van der Waals surface area contributed by atoms with Crippen LogP contribution in [0.2, 0.25) is 0 Å². The molecule has 42 heavy (non-hydrogen) atoms. The van der Waals surface area contributed by atoms with Gasteiger partial charge in [-0.05, 0) is 47.5 Å². The van der Waals surface area contributed by atoms with Gasteiger partial charge in [-0.25, -0.2) is 32.2 Å². The molecular weight excluding hydrogens is 624 g/mol. The quantitative estimate of drug-likeness (QED) is 0.0943. The second-order valence-electron chi connectivity index (χ2n) is 8.82. The number of thiazole rings is 1. The lowest BCUT2D eigenvalue weighted by Crippen LogP contribution is -2.38. The van der Waals surface area contributed by atoms with E-state index in [1.165, 1.54) is 18.3 Å². The predicted molar refractivity (Wildman–Crippen MR) is 144 cm³/mol. The summed E-state index contributed by atoms with van der Waals surface area (Å²) in [5.41, 5.74) is 2.70. The van der Waals surface area contributed by atoms with E-state index in [-0.39, 0.29) is 23.0 Å². The van der Waals surface area contributed by atoms with E-state index < -0.39 is 49.1 Å². The van der Waals surface area contributed by atoms with E-state index in [4.69, 9.17) is 4.42 Å². The van der Waals surface area contributed by atoms with Gasteiger partial charge in [0.05, 0.1) is 22.3 Å². The summed E-state index contributed by atoms with van der Waals surface area (Å²) in [5.74, 6) is -1.40. The number of rotatable bonds is 9. The zero-order chi connectivity index (χ0) is 30.3. The summed E-state index contributed by atoms with van der Waals surface area (Å²) in [7, 11) is -7.40. The molecule has 3 aromatic heterocycles. The number of sulfone groups is 1. The van der Waals surface area contributed by atoms with Gasteiger partial charge in [-0.2, -0.15) is 22.4 Å². The van der Waals surface area contributed by atoms with E-state index >= 15 is 0 Å². The molecule has 5 aromatic rings. The normalized spacial score (nSPS) is 14.0. The van der Waals surface area contributed by atoms with Crippen LogP contribution in [0.15, 0.2) is 65.2 Å². The molecule has 0 aliphatic heterocycles. The fraction of sp³-hybridized carbons (Fsp3) is 0.167. The van der Waals surface area contributed by atoms with E-state index in [0.29, 0.717) is 21.3 Å². The standard InChI is InChI=1S/C24H18F4N6O5S3/c1-42(37,38)23(15-4-6-16(7-5-15)24(26,27)28,21-33-32-20(39-21)12-30-34-41(35)36)22-31-17-8-2-13(10-18(17)40-22)14-3-9-19(25)29-11-14/h2-11,30,41H,12H2,1H3,(H,34,35,36). The van der Waals surface area contributed by atoms with Crippen LogP contribution in [-0.4, -0.2) is 43.3 Å². The molecule has 0 saturated carbocycles. The van der Waals surface area contributed by atoms with Gasteiger partial charge in [0.15, 0.2) is 9.84 Å². The average molecular weight is 643 g/mol. The van der Waals surface area contributed by atoms with Crippen LogP contribution in [-0.2, 0) is 38.2 Å². The molecule has 3 heterocycles. The number of thiol groups is 1. The second kappa shape index (κ2) is 11.1. The maximum Gasteiger partial charge on any atom is 0.416 e. The Balaban J connectivity index is 1.71. The highest BCUT2D eigenvalue weighted by atomic mass is 32.2. The molecule has 18 heteroatoms. The summed E-state index contributed by atoms with van der Waals surface area (Å²) in [5, 5.41) is 7.60. The van der Waals surface area contributed by atoms with Crippen LogP contribution in [0.1, 0.15) is 27.9 Å². The van der Waals surface area contributed by atoms with Crippen molar-refractivity contribution in [2.24, 2.45) is 0 Å². The van der Waals surface area contributed by atoms with Gasteiger partial charge in [0.1, 0.15) is 5.01 Å². The molecular formula is C24H18F4N6O5S3. The van der Waals surface area contributed by atoms with Crippen LogP contribution in [0.25, 0.3) is 21.3 Å². The highest BCUT2D eigenvalue weighted by molar-refractivity contribution is 7.92. The number of hydrogen-bond acceptors (Lipinski definition) is 11. The van der Waals surface area contributed by atoms with Crippen LogP contribution in [0.4, 0.5) is 17.6 Å². The number of alkyl halides is 3. The van der Waals surface area contributed by atoms with Crippen molar-refractivity contribution in [1.82, 2.24) is 30.4 Å². The van der Waals surface area contributed by atoms with Crippen molar-refractivity contribution in [1.29, 1.82) is 0 Å². The zero-order valence-electron chi connectivity index (χ0n) is 21.1. The molecule has 0 spiro atoms. The summed E-state index contributed by atoms with van der Waals surface area (Å²) in [6, 6.07) is 11.1. The van der Waals surface area contributed by atoms with Gasteiger partial charge in [-0.3, -0.25) is 0 Å². The van der Waals surface area contributed by atoms with Crippen molar-refractivity contribution in [3.8, 4) is 11.1 Å². The number of halogens is 4. The zero-order valence-corrected chi connectivity index (χ0v) is 23.6. The van der Waals surface area contributed by atoms with Crippen LogP contribution in [0.5, 0.6) is 0 Å². The van der Waals surface area contributed by atoms with Crippen LogP contribution >= 0.6 is 11.3 Å². The van der Waals surface area contributed by atoms with Crippen LogP contribution in [0.3, 0.4) is 0 Å². The molecule has 5 rings (SSSR count). The molecule has 1 unspecified atom stereocenters. The molecule has 0 fully saturated rings. The topological polar surface area (TPSA) is 157 Å². The molecule has 0 amide bonds. The van der Waals surface area contributed by atoms with Gasteiger partial charge < -0.3 is 4.42 Å². The van der Waals surface area contributed by atoms with E-state index in [2.05, 4.69) is 25.6 Å². The van der Waals surface area contributed by atoms with E-state index in [9.17, 15) is 34.4 Å². The minimum Gasteiger partial charge on any atom is -0.421 e. The Morgan fingerprint density at radius 2 is 1.67 bits per heavy atom. The number of hydrogen-bond donors (Lipinski definition) is 3. The molecule has 0 bridgehead atoms. The van der Waals surface area contributed by atoms with E-state index in [1.54, 1.807) is 18.2 Å². The minimum absolute atomic E-state index is 0.0990. The number of pyridine rings is 1. The Bertz CT molecular complexity index is 1930. The van der Waals surface area contributed by atoms with Crippen molar-refractivity contribution in [2.45, 2.75) is 17.5 Å². The fourth-order valence-corrected chi connectivity index (χ4v) is 7.43. The predicted octanol–water partition coefficient (Wildman–Crippen LogP) is 3.36. The first-order valence-corrected chi connectivity index (χ1v) is 15.5. The molecule has 1 atom stereocenters. The first-order chi connectivity index (χ1) is 19.8. The van der Waals surface area contributed by atoms with E-state index in [0.717, 1.165) is 41.9 Å². The number of fused-ring (bicyclic) bond motifs is 1. The summed E-state index contributed by atoms with van der Waals surface area (Å²) in [6.07, 6.45) is -2.50. The number of hydrazine groups is 1. The minimum atomic E-state index is -4.69. The Labute approximate surface area is 240 Å². The van der Waals surface area contributed by atoms with Gasteiger partial charge in [-0.1, -0.05) is 18.2 Å². The van der Waals surface area contributed by atoms with Crippen molar-refractivity contribution in [3.63, 3.8) is 0 Å². The highest BCUT2D eigenvalue weighted by Crippen LogP contribution is 2.46.